The maximum atomic E-state index is 12.9. The lowest BCUT2D eigenvalue weighted by Gasteiger charge is -2.18. The molecule has 1 unspecified atom stereocenters. The van der Waals surface area contributed by atoms with E-state index in [4.69, 9.17) is 14.2 Å². The molecule has 446 valence electrons. The number of ether oxygens (including phenoxy) is 3. The number of esters is 3. The first-order valence-corrected chi connectivity index (χ1v) is 33.4. The molecule has 77 heavy (non-hydrogen) atoms. The molecule has 0 spiro atoms. The number of hydrogen-bond acceptors (Lipinski definition) is 6. The van der Waals surface area contributed by atoms with Crippen LogP contribution in [0.25, 0.3) is 0 Å². The minimum atomic E-state index is -0.787. The van der Waals surface area contributed by atoms with Crippen LogP contribution in [-0.2, 0) is 28.6 Å². The fraction of sp³-hybridized carbons (Fsp3) is 0.789. The predicted molar refractivity (Wildman–Crippen MR) is 335 cm³/mol. The van der Waals surface area contributed by atoms with Gasteiger partial charge in [0, 0.05) is 19.3 Å². The van der Waals surface area contributed by atoms with Gasteiger partial charge in [-0.3, -0.25) is 14.4 Å². The molecule has 0 heterocycles. The molecule has 0 fully saturated rings. The molecule has 0 amide bonds. The van der Waals surface area contributed by atoms with Crippen molar-refractivity contribution >= 4 is 17.9 Å². The lowest BCUT2D eigenvalue weighted by Crippen LogP contribution is -2.30. The molecular weight excluding hydrogens is 949 g/mol. The first kappa shape index (κ1) is 73.8. The van der Waals surface area contributed by atoms with Gasteiger partial charge in [-0.2, -0.15) is 0 Å². The molecule has 0 aromatic rings. The lowest BCUT2D eigenvalue weighted by molar-refractivity contribution is -0.167. The Morgan fingerprint density at radius 3 is 0.805 bits per heavy atom. The van der Waals surface area contributed by atoms with Crippen molar-refractivity contribution < 1.29 is 28.6 Å². The Kier molecular flexibility index (Phi) is 62.7. The van der Waals surface area contributed by atoms with E-state index in [1.165, 1.54) is 205 Å². The zero-order valence-corrected chi connectivity index (χ0v) is 51.2. The van der Waals surface area contributed by atoms with E-state index in [0.717, 1.165) is 96.3 Å². The smallest absolute Gasteiger partial charge is 0.306 e. The fourth-order valence-corrected chi connectivity index (χ4v) is 9.66. The molecule has 0 bridgehead atoms. The van der Waals surface area contributed by atoms with Crippen molar-refractivity contribution in [2.24, 2.45) is 0 Å². The number of hydrogen-bond donors (Lipinski definition) is 0. The van der Waals surface area contributed by atoms with Crippen LogP contribution in [-0.4, -0.2) is 37.2 Å². The average Bonchev–Trinajstić information content (AvgIpc) is 3.43. The van der Waals surface area contributed by atoms with Crippen LogP contribution in [0.2, 0.25) is 0 Å². The van der Waals surface area contributed by atoms with Gasteiger partial charge in [-0.15, -0.1) is 0 Å². The molecule has 0 aromatic heterocycles. The van der Waals surface area contributed by atoms with Crippen molar-refractivity contribution in [3.63, 3.8) is 0 Å². The van der Waals surface area contributed by atoms with E-state index in [9.17, 15) is 14.4 Å². The predicted octanol–water partition coefficient (Wildman–Crippen LogP) is 22.9. The summed E-state index contributed by atoms with van der Waals surface area (Å²) in [5.41, 5.74) is 0. The summed E-state index contributed by atoms with van der Waals surface area (Å²) in [7, 11) is 0. The molecule has 0 aliphatic heterocycles. The lowest BCUT2D eigenvalue weighted by atomic mass is 10.0. The second-order valence-electron chi connectivity index (χ2n) is 22.3. The average molecular weight is 1080 g/mol. The van der Waals surface area contributed by atoms with E-state index in [2.05, 4.69) is 93.7 Å². The van der Waals surface area contributed by atoms with Crippen molar-refractivity contribution in [1.82, 2.24) is 0 Å². The molecular formula is C71H126O6. The Balaban J connectivity index is 4.36. The van der Waals surface area contributed by atoms with Gasteiger partial charge >= 0.3 is 17.9 Å². The Morgan fingerprint density at radius 2 is 0.506 bits per heavy atom. The van der Waals surface area contributed by atoms with Crippen LogP contribution >= 0.6 is 0 Å². The van der Waals surface area contributed by atoms with Crippen LogP contribution in [0.5, 0.6) is 0 Å². The highest BCUT2D eigenvalue weighted by molar-refractivity contribution is 5.71. The van der Waals surface area contributed by atoms with Crippen molar-refractivity contribution in [2.75, 3.05) is 13.2 Å². The highest BCUT2D eigenvalue weighted by Gasteiger charge is 2.19. The van der Waals surface area contributed by atoms with Gasteiger partial charge in [0.1, 0.15) is 13.2 Å². The van der Waals surface area contributed by atoms with E-state index in [0.29, 0.717) is 19.3 Å². The summed E-state index contributed by atoms with van der Waals surface area (Å²) in [5, 5.41) is 0. The van der Waals surface area contributed by atoms with E-state index in [-0.39, 0.29) is 31.1 Å². The van der Waals surface area contributed by atoms with Crippen molar-refractivity contribution in [3.05, 3.63) is 72.9 Å². The van der Waals surface area contributed by atoms with E-state index in [1.54, 1.807) is 0 Å². The summed E-state index contributed by atoms with van der Waals surface area (Å²) in [6.07, 6.45) is 84.8. The third kappa shape index (κ3) is 63.6. The van der Waals surface area contributed by atoms with Crippen molar-refractivity contribution in [3.8, 4) is 0 Å². The maximum Gasteiger partial charge on any atom is 0.306 e. The summed E-state index contributed by atoms with van der Waals surface area (Å²) >= 11 is 0. The quantitative estimate of drug-likeness (QED) is 0.0261. The van der Waals surface area contributed by atoms with Gasteiger partial charge in [0.15, 0.2) is 6.10 Å². The van der Waals surface area contributed by atoms with Gasteiger partial charge in [0.2, 0.25) is 0 Å². The zero-order valence-electron chi connectivity index (χ0n) is 51.2. The zero-order chi connectivity index (χ0) is 55.7. The van der Waals surface area contributed by atoms with Crippen LogP contribution in [0.3, 0.4) is 0 Å². The molecule has 6 nitrogen and oxygen atoms in total. The third-order valence-electron chi connectivity index (χ3n) is 14.7. The van der Waals surface area contributed by atoms with Gasteiger partial charge in [-0.05, 0) is 109 Å². The van der Waals surface area contributed by atoms with E-state index in [1.807, 2.05) is 0 Å². The Labute approximate surface area is 478 Å². The largest absolute Gasteiger partial charge is 0.462 e. The number of unbranched alkanes of at least 4 members (excludes halogenated alkanes) is 38. The third-order valence-corrected chi connectivity index (χ3v) is 14.7. The second-order valence-corrected chi connectivity index (χ2v) is 22.3. The molecule has 0 N–H and O–H groups in total. The SMILES string of the molecule is CC/C=C\C/C=C\C/C=C\C/C=C\CCCCCCCCC(=O)OC(COC(=O)CCCCCCCCC/C=C\CCCCCCCC)COC(=O)CCCCCCCCCCCCC/C=C\CCCCCCCCCC. The molecule has 0 aliphatic carbocycles. The van der Waals surface area contributed by atoms with Gasteiger partial charge in [0.05, 0.1) is 0 Å². The van der Waals surface area contributed by atoms with Gasteiger partial charge in [-0.1, -0.05) is 286 Å². The number of allylic oxidation sites excluding steroid dienone is 12. The maximum absolute atomic E-state index is 12.9. The molecule has 0 saturated carbocycles. The highest BCUT2D eigenvalue weighted by Crippen LogP contribution is 2.17. The van der Waals surface area contributed by atoms with Gasteiger partial charge in [0.25, 0.3) is 0 Å². The summed E-state index contributed by atoms with van der Waals surface area (Å²) in [5.74, 6) is -0.883. The molecule has 0 aliphatic rings. The number of rotatable bonds is 61. The first-order valence-electron chi connectivity index (χ1n) is 33.4. The van der Waals surface area contributed by atoms with Crippen LogP contribution < -0.4 is 0 Å². The summed E-state index contributed by atoms with van der Waals surface area (Å²) in [4.78, 5) is 38.4. The standard InChI is InChI=1S/C71H126O6/c1-4-7-10-13-16-19-22-25-28-31-33-34-35-36-38-40-43-46-49-52-55-58-61-64-70(73)76-67-68(66-75-69(72)63-60-57-54-51-48-45-42-39-30-27-24-21-18-15-12-9-6-3)77-71(74)65-62-59-56-53-50-47-44-41-37-32-29-26-23-20-17-14-11-8-5-2/h8,11,17,20,26-27,29-31,33,37,41,68H,4-7,9-10,12-16,18-19,21-25,28,32,34-36,38-40,42-67H2,1-3H3/b11-8-,20-17-,29-26-,30-27-,33-31-,41-37-. The minimum absolute atomic E-state index is 0.0812. The van der Waals surface area contributed by atoms with Gasteiger partial charge < -0.3 is 14.2 Å². The Hall–Kier alpha value is -3.15. The van der Waals surface area contributed by atoms with Crippen LogP contribution in [0.4, 0.5) is 0 Å². The van der Waals surface area contributed by atoms with Crippen LogP contribution in [0, 0.1) is 0 Å². The summed E-state index contributed by atoms with van der Waals surface area (Å²) in [6.45, 7) is 6.55. The summed E-state index contributed by atoms with van der Waals surface area (Å²) in [6, 6.07) is 0. The van der Waals surface area contributed by atoms with E-state index >= 15 is 0 Å². The Bertz CT molecular complexity index is 1420. The monoisotopic (exact) mass is 1070 g/mol. The Morgan fingerprint density at radius 1 is 0.273 bits per heavy atom. The van der Waals surface area contributed by atoms with Crippen molar-refractivity contribution in [1.29, 1.82) is 0 Å². The molecule has 0 aromatic carbocycles. The molecule has 6 heteroatoms. The minimum Gasteiger partial charge on any atom is -0.462 e. The van der Waals surface area contributed by atoms with Gasteiger partial charge in [-0.25, -0.2) is 0 Å². The summed E-state index contributed by atoms with van der Waals surface area (Å²) < 4.78 is 17.0. The highest BCUT2D eigenvalue weighted by atomic mass is 16.6. The number of carbonyl (C=O) groups excluding carboxylic acids is 3. The van der Waals surface area contributed by atoms with Crippen molar-refractivity contribution in [2.45, 2.75) is 348 Å². The topological polar surface area (TPSA) is 78.9 Å². The van der Waals surface area contributed by atoms with Crippen LogP contribution in [0.15, 0.2) is 72.9 Å². The van der Waals surface area contributed by atoms with Crippen LogP contribution in [0.1, 0.15) is 342 Å². The molecule has 0 saturated heterocycles. The first-order chi connectivity index (χ1) is 38.0. The second kappa shape index (κ2) is 65.4. The fourth-order valence-electron chi connectivity index (χ4n) is 9.66. The van der Waals surface area contributed by atoms with E-state index < -0.39 is 6.10 Å². The molecule has 0 rings (SSSR count). The molecule has 1 atom stereocenters. The number of carbonyl (C=O) groups is 3. The normalized spacial score (nSPS) is 12.5. The molecule has 0 radical (unpaired) electrons.